The Kier molecular flexibility index (Phi) is 4.77. The molecule has 0 N–H and O–H groups in total. The summed E-state index contributed by atoms with van der Waals surface area (Å²) in [5.41, 5.74) is 0.745. The zero-order valence-corrected chi connectivity index (χ0v) is 13.3. The third-order valence-electron chi connectivity index (χ3n) is 2.82. The maximum Gasteiger partial charge on any atom is 0.243 e. The molecule has 9 heteroatoms. The van der Waals surface area contributed by atoms with Gasteiger partial charge in [0, 0.05) is 6.54 Å². The molecule has 0 bridgehead atoms. The molecule has 112 valence electrons. The number of rotatable bonds is 5. The number of likely N-dealkylation sites (N-methyl/N-ethyl adjacent to an activating group) is 1. The second kappa shape index (κ2) is 6.23. The Balaban J connectivity index is 2.56. The van der Waals surface area contributed by atoms with Gasteiger partial charge in [-0.3, -0.25) is 0 Å². The Bertz CT molecular complexity index is 796. The SMILES string of the molecule is CCN(CC=O)S(=O)(=O)c1ccc2nc(Cl)c(Cl)nc2c1. The minimum Gasteiger partial charge on any atom is -0.302 e. The summed E-state index contributed by atoms with van der Waals surface area (Å²) < 4.78 is 25.9. The average molecular weight is 348 g/mol. The molecule has 2 rings (SSSR count). The van der Waals surface area contributed by atoms with Gasteiger partial charge in [-0.05, 0) is 18.2 Å². The van der Waals surface area contributed by atoms with Gasteiger partial charge in [0.05, 0.1) is 22.5 Å². The van der Waals surface area contributed by atoms with Gasteiger partial charge in [0.2, 0.25) is 10.0 Å². The van der Waals surface area contributed by atoms with Crippen LogP contribution in [0.3, 0.4) is 0 Å². The molecule has 0 amide bonds. The molecule has 0 unspecified atom stereocenters. The quantitative estimate of drug-likeness (QED) is 0.774. The number of hydrogen-bond donors (Lipinski definition) is 0. The van der Waals surface area contributed by atoms with Crippen molar-refractivity contribution in [2.45, 2.75) is 11.8 Å². The van der Waals surface area contributed by atoms with Crippen LogP contribution in [0.2, 0.25) is 10.3 Å². The monoisotopic (exact) mass is 347 g/mol. The molecule has 0 aliphatic carbocycles. The molecular formula is C12H11Cl2N3O3S. The second-order valence-corrected chi connectivity index (χ2v) is 6.73. The predicted molar refractivity (Wildman–Crippen MR) is 80.1 cm³/mol. The number of carbonyl (C=O) groups is 1. The van der Waals surface area contributed by atoms with Crippen LogP contribution in [0.15, 0.2) is 23.1 Å². The van der Waals surface area contributed by atoms with Crippen LogP contribution in [-0.2, 0) is 14.8 Å². The molecule has 0 fully saturated rings. The molecule has 0 radical (unpaired) electrons. The van der Waals surface area contributed by atoms with E-state index >= 15 is 0 Å². The molecule has 2 aromatic rings. The summed E-state index contributed by atoms with van der Waals surface area (Å²) in [4.78, 5) is 18.6. The number of sulfonamides is 1. The van der Waals surface area contributed by atoms with Crippen molar-refractivity contribution in [3.8, 4) is 0 Å². The van der Waals surface area contributed by atoms with Crippen molar-refractivity contribution in [2.75, 3.05) is 13.1 Å². The molecule has 1 heterocycles. The Morgan fingerprint density at radius 3 is 2.38 bits per heavy atom. The van der Waals surface area contributed by atoms with Crippen molar-refractivity contribution in [2.24, 2.45) is 0 Å². The van der Waals surface area contributed by atoms with Crippen LogP contribution < -0.4 is 0 Å². The van der Waals surface area contributed by atoms with Crippen LogP contribution in [0.25, 0.3) is 11.0 Å². The molecule has 0 aliphatic heterocycles. The maximum atomic E-state index is 12.4. The van der Waals surface area contributed by atoms with Crippen LogP contribution in [-0.4, -0.2) is 42.1 Å². The summed E-state index contributed by atoms with van der Waals surface area (Å²) >= 11 is 11.5. The van der Waals surface area contributed by atoms with Gasteiger partial charge in [-0.25, -0.2) is 18.4 Å². The zero-order chi connectivity index (χ0) is 15.6. The lowest BCUT2D eigenvalue weighted by molar-refractivity contribution is -0.108. The van der Waals surface area contributed by atoms with Crippen LogP contribution in [0, 0.1) is 0 Å². The summed E-state index contributed by atoms with van der Waals surface area (Å²) in [6, 6.07) is 4.24. The molecule has 0 saturated carbocycles. The highest BCUT2D eigenvalue weighted by Gasteiger charge is 2.23. The Hall–Kier alpha value is -1.28. The van der Waals surface area contributed by atoms with E-state index in [2.05, 4.69) is 9.97 Å². The lowest BCUT2D eigenvalue weighted by Crippen LogP contribution is -2.32. The standard InChI is InChI=1S/C12H11Cl2N3O3S/c1-2-17(5-6-18)21(19,20)8-3-4-9-10(7-8)16-12(14)11(13)15-9/h3-4,6-7H,2,5H2,1H3. The predicted octanol–water partition coefficient (Wildman–Crippen LogP) is 2.15. The molecule has 21 heavy (non-hydrogen) atoms. The van der Waals surface area contributed by atoms with Gasteiger partial charge in [0.25, 0.3) is 0 Å². The van der Waals surface area contributed by atoms with E-state index in [-0.39, 0.29) is 28.3 Å². The molecule has 0 aliphatic rings. The van der Waals surface area contributed by atoms with E-state index in [1.807, 2.05) is 0 Å². The first kappa shape index (κ1) is 16.1. The maximum absolute atomic E-state index is 12.4. The summed E-state index contributed by atoms with van der Waals surface area (Å²) in [6.07, 6.45) is 0.540. The molecule has 0 atom stereocenters. The molecule has 1 aromatic carbocycles. The van der Waals surface area contributed by atoms with Gasteiger partial charge in [-0.2, -0.15) is 4.31 Å². The van der Waals surface area contributed by atoms with Crippen molar-refractivity contribution < 1.29 is 13.2 Å². The van der Waals surface area contributed by atoms with Gasteiger partial charge in [0.15, 0.2) is 10.3 Å². The van der Waals surface area contributed by atoms with E-state index in [4.69, 9.17) is 23.2 Å². The fourth-order valence-corrected chi connectivity index (χ4v) is 3.44. The van der Waals surface area contributed by atoms with Crippen molar-refractivity contribution in [1.29, 1.82) is 0 Å². The Labute approximate surface area is 131 Å². The average Bonchev–Trinajstić information content (AvgIpc) is 2.45. The highest BCUT2D eigenvalue weighted by atomic mass is 35.5. The first-order chi connectivity index (χ1) is 9.90. The Morgan fingerprint density at radius 1 is 1.19 bits per heavy atom. The van der Waals surface area contributed by atoms with E-state index in [1.54, 1.807) is 6.92 Å². The van der Waals surface area contributed by atoms with Gasteiger partial charge >= 0.3 is 0 Å². The topological polar surface area (TPSA) is 80.2 Å². The van der Waals surface area contributed by atoms with Crippen LogP contribution in [0.4, 0.5) is 0 Å². The van der Waals surface area contributed by atoms with Crippen molar-refractivity contribution in [1.82, 2.24) is 14.3 Å². The van der Waals surface area contributed by atoms with Crippen LogP contribution in [0.5, 0.6) is 0 Å². The fraction of sp³-hybridized carbons (Fsp3) is 0.250. The van der Waals surface area contributed by atoms with Crippen LogP contribution in [0.1, 0.15) is 6.92 Å². The zero-order valence-electron chi connectivity index (χ0n) is 11.0. The van der Waals surface area contributed by atoms with E-state index < -0.39 is 10.0 Å². The number of halogens is 2. The summed E-state index contributed by atoms with van der Waals surface area (Å²) in [7, 11) is -3.77. The highest BCUT2D eigenvalue weighted by Crippen LogP contribution is 2.24. The lowest BCUT2D eigenvalue weighted by atomic mass is 10.3. The number of carbonyl (C=O) groups excluding carboxylic acids is 1. The minimum absolute atomic E-state index is 0.000969. The lowest BCUT2D eigenvalue weighted by Gasteiger charge is -2.17. The third-order valence-corrected chi connectivity index (χ3v) is 5.38. The largest absolute Gasteiger partial charge is 0.302 e. The first-order valence-electron chi connectivity index (χ1n) is 5.96. The number of aromatic nitrogens is 2. The minimum atomic E-state index is -3.77. The van der Waals surface area contributed by atoms with Crippen LogP contribution >= 0.6 is 23.2 Å². The number of nitrogens with zero attached hydrogens (tertiary/aromatic N) is 3. The molecule has 6 nitrogen and oxygen atoms in total. The molecular weight excluding hydrogens is 337 g/mol. The first-order valence-corrected chi connectivity index (χ1v) is 8.16. The van der Waals surface area contributed by atoms with Crippen molar-refractivity contribution in [3.05, 3.63) is 28.5 Å². The van der Waals surface area contributed by atoms with Gasteiger partial charge in [-0.15, -0.1) is 0 Å². The fourth-order valence-electron chi connectivity index (χ4n) is 1.78. The number of fused-ring (bicyclic) bond motifs is 1. The molecule has 0 spiro atoms. The molecule has 0 saturated heterocycles. The smallest absolute Gasteiger partial charge is 0.243 e. The van der Waals surface area contributed by atoms with E-state index in [9.17, 15) is 13.2 Å². The third kappa shape index (κ3) is 3.16. The normalized spacial score (nSPS) is 12.0. The summed E-state index contributed by atoms with van der Waals surface area (Å²) in [6.45, 7) is 1.63. The van der Waals surface area contributed by atoms with E-state index in [1.165, 1.54) is 18.2 Å². The van der Waals surface area contributed by atoms with Gasteiger partial charge in [0.1, 0.15) is 6.29 Å². The summed E-state index contributed by atoms with van der Waals surface area (Å²) in [5.74, 6) is 0. The second-order valence-electron chi connectivity index (χ2n) is 4.08. The van der Waals surface area contributed by atoms with E-state index in [0.717, 1.165) is 4.31 Å². The van der Waals surface area contributed by atoms with E-state index in [0.29, 0.717) is 17.3 Å². The number of hydrogen-bond acceptors (Lipinski definition) is 5. The van der Waals surface area contributed by atoms with Gasteiger partial charge < -0.3 is 4.79 Å². The highest BCUT2D eigenvalue weighted by molar-refractivity contribution is 7.89. The molecule has 1 aromatic heterocycles. The van der Waals surface area contributed by atoms with Crippen molar-refractivity contribution >= 4 is 50.5 Å². The Morgan fingerprint density at radius 2 is 1.81 bits per heavy atom. The summed E-state index contributed by atoms with van der Waals surface area (Å²) in [5, 5.41) is 0.0508. The number of benzene rings is 1. The van der Waals surface area contributed by atoms with Crippen molar-refractivity contribution in [3.63, 3.8) is 0 Å². The number of aldehydes is 1. The van der Waals surface area contributed by atoms with Gasteiger partial charge in [-0.1, -0.05) is 30.1 Å².